The molecular weight excluding hydrogens is 266 g/mol. The van der Waals surface area contributed by atoms with Crippen LogP contribution in [0.2, 0.25) is 0 Å². The van der Waals surface area contributed by atoms with Gasteiger partial charge in [0.25, 0.3) is 0 Å². The molecule has 1 aromatic carbocycles. The predicted molar refractivity (Wildman–Crippen MR) is 84.0 cm³/mol. The summed E-state index contributed by atoms with van der Waals surface area (Å²) in [6.07, 6.45) is 1.21. The molecule has 2 saturated heterocycles. The smallest absolute Gasteiger partial charge is 0.124 e. The molecule has 1 aromatic rings. The molecule has 0 radical (unpaired) electrons. The Bertz CT molecular complexity index is 424. The first-order valence-electron chi connectivity index (χ1n) is 7.87. The van der Waals surface area contributed by atoms with Crippen molar-refractivity contribution in [1.82, 2.24) is 4.90 Å². The number of hydrogen-bond acceptors (Lipinski definition) is 5. The average Bonchev–Trinajstić information content (AvgIpc) is 3.02. The Morgan fingerprint density at radius 2 is 1.90 bits per heavy atom. The van der Waals surface area contributed by atoms with Gasteiger partial charge in [0.1, 0.15) is 11.9 Å². The van der Waals surface area contributed by atoms with Gasteiger partial charge in [-0.2, -0.15) is 0 Å². The van der Waals surface area contributed by atoms with Gasteiger partial charge in [0.15, 0.2) is 0 Å². The third-order valence-electron chi connectivity index (χ3n) is 4.21. The molecule has 1 atom stereocenters. The lowest BCUT2D eigenvalue weighted by atomic mass is 10.2. The van der Waals surface area contributed by atoms with Gasteiger partial charge in [0.2, 0.25) is 0 Å². The Morgan fingerprint density at radius 3 is 2.52 bits per heavy atom. The molecule has 0 aromatic heterocycles. The van der Waals surface area contributed by atoms with Gasteiger partial charge in [-0.25, -0.2) is 0 Å². The molecule has 0 spiro atoms. The van der Waals surface area contributed by atoms with Gasteiger partial charge in [0, 0.05) is 51.4 Å². The standard InChI is InChI=1S/C16H25N3O2/c17-6-7-18-8-10-19(11-9-18)14-1-3-15(4-2-14)21-16-5-12-20-13-16/h1-4,16H,5-13,17H2/t16-/m1/s1. The zero-order chi connectivity index (χ0) is 14.5. The van der Waals surface area contributed by atoms with Gasteiger partial charge in [-0.1, -0.05) is 0 Å². The molecule has 2 aliphatic rings. The Morgan fingerprint density at radius 1 is 1.14 bits per heavy atom. The van der Waals surface area contributed by atoms with Crippen molar-refractivity contribution in [1.29, 1.82) is 0 Å². The van der Waals surface area contributed by atoms with Crippen molar-refractivity contribution in [3.05, 3.63) is 24.3 Å². The lowest BCUT2D eigenvalue weighted by molar-refractivity contribution is 0.141. The van der Waals surface area contributed by atoms with E-state index in [2.05, 4.69) is 34.1 Å². The van der Waals surface area contributed by atoms with Crippen molar-refractivity contribution < 1.29 is 9.47 Å². The van der Waals surface area contributed by atoms with E-state index in [1.54, 1.807) is 0 Å². The Balaban J connectivity index is 1.52. The van der Waals surface area contributed by atoms with E-state index in [0.29, 0.717) is 6.61 Å². The third kappa shape index (κ3) is 3.87. The van der Waals surface area contributed by atoms with Crippen LogP contribution in [-0.4, -0.2) is 63.5 Å². The molecule has 2 heterocycles. The minimum Gasteiger partial charge on any atom is -0.488 e. The molecule has 5 nitrogen and oxygen atoms in total. The fraction of sp³-hybridized carbons (Fsp3) is 0.625. The molecule has 2 fully saturated rings. The first kappa shape index (κ1) is 14.6. The van der Waals surface area contributed by atoms with Crippen LogP contribution in [0.3, 0.4) is 0 Å². The molecule has 2 N–H and O–H groups in total. The molecule has 0 unspecified atom stereocenters. The first-order valence-corrected chi connectivity index (χ1v) is 7.87. The maximum absolute atomic E-state index is 5.90. The molecule has 2 aliphatic heterocycles. The van der Waals surface area contributed by atoms with Crippen molar-refractivity contribution in [2.45, 2.75) is 12.5 Å². The zero-order valence-electron chi connectivity index (χ0n) is 12.5. The largest absolute Gasteiger partial charge is 0.488 e. The molecule has 3 rings (SSSR count). The van der Waals surface area contributed by atoms with E-state index >= 15 is 0 Å². The van der Waals surface area contributed by atoms with Gasteiger partial charge < -0.3 is 20.1 Å². The van der Waals surface area contributed by atoms with E-state index in [4.69, 9.17) is 15.2 Å². The number of nitrogens with zero attached hydrogens (tertiary/aromatic N) is 2. The summed E-state index contributed by atoms with van der Waals surface area (Å²) in [6, 6.07) is 8.45. The minimum absolute atomic E-state index is 0.218. The summed E-state index contributed by atoms with van der Waals surface area (Å²) in [4.78, 5) is 4.85. The topological polar surface area (TPSA) is 51.0 Å². The number of hydrogen-bond donors (Lipinski definition) is 1. The highest BCUT2D eigenvalue weighted by atomic mass is 16.5. The maximum Gasteiger partial charge on any atom is 0.124 e. The number of ether oxygens (including phenoxy) is 2. The highest BCUT2D eigenvalue weighted by molar-refractivity contribution is 5.49. The maximum atomic E-state index is 5.90. The van der Waals surface area contributed by atoms with Crippen LogP contribution in [0.5, 0.6) is 5.75 Å². The fourth-order valence-corrected chi connectivity index (χ4v) is 2.95. The zero-order valence-corrected chi connectivity index (χ0v) is 12.5. The van der Waals surface area contributed by atoms with Crippen LogP contribution in [0.15, 0.2) is 24.3 Å². The molecule has 21 heavy (non-hydrogen) atoms. The fourth-order valence-electron chi connectivity index (χ4n) is 2.95. The number of anilines is 1. The van der Waals surface area contributed by atoms with E-state index in [1.165, 1.54) is 5.69 Å². The Hall–Kier alpha value is -1.30. The minimum atomic E-state index is 0.218. The van der Waals surface area contributed by atoms with Crippen LogP contribution < -0.4 is 15.4 Å². The number of piperazine rings is 1. The van der Waals surface area contributed by atoms with Crippen LogP contribution in [0.1, 0.15) is 6.42 Å². The molecule has 5 heteroatoms. The summed E-state index contributed by atoms with van der Waals surface area (Å²) >= 11 is 0. The van der Waals surface area contributed by atoms with Crippen LogP contribution >= 0.6 is 0 Å². The second-order valence-corrected chi connectivity index (χ2v) is 5.71. The van der Waals surface area contributed by atoms with E-state index in [9.17, 15) is 0 Å². The van der Waals surface area contributed by atoms with Crippen LogP contribution in [0, 0.1) is 0 Å². The van der Waals surface area contributed by atoms with Crippen LogP contribution in [0.25, 0.3) is 0 Å². The summed E-state index contributed by atoms with van der Waals surface area (Å²) in [7, 11) is 0. The lowest BCUT2D eigenvalue weighted by Crippen LogP contribution is -2.47. The van der Waals surface area contributed by atoms with E-state index in [-0.39, 0.29) is 6.10 Å². The number of nitrogens with two attached hydrogens (primary N) is 1. The second-order valence-electron chi connectivity index (χ2n) is 5.71. The Kier molecular flexibility index (Phi) is 4.95. The third-order valence-corrected chi connectivity index (χ3v) is 4.21. The molecule has 116 valence electrons. The van der Waals surface area contributed by atoms with Gasteiger partial charge in [-0.05, 0) is 24.3 Å². The van der Waals surface area contributed by atoms with Crippen LogP contribution in [0.4, 0.5) is 5.69 Å². The highest BCUT2D eigenvalue weighted by Gasteiger charge is 2.18. The van der Waals surface area contributed by atoms with Crippen molar-refractivity contribution in [3.63, 3.8) is 0 Å². The van der Waals surface area contributed by atoms with E-state index in [1.807, 2.05) is 0 Å². The summed E-state index contributed by atoms with van der Waals surface area (Å²) < 4.78 is 11.2. The second kappa shape index (κ2) is 7.11. The van der Waals surface area contributed by atoms with Crippen molar-refractivity contribution >= 4 is 5.69 Å². The monoisotopic (exact) mass is 291 g/mol. The average molecular weight is 291 g/mol. The molecule has 0 saturated carbocycles. The summed E-state index contributed by atoms with van der Waals surface area (Å²) in [6.45, 7) is 7.60. The molecule has 0 amide bonds. The number of rotatable bonds is 5. The van der Waals surface area contributed by atoms with Gasteiger partial charge in [-0.15, -0.1) is 0 Å². The lowest BCUT2D eigenvalue weighted by Gasteiger charge is -2.36. The summed E-state index contributed by atoms with van der Waals surface area (Å²) in [5.41, 5.74) is 6.89. The normalized spacial score (nSPS) is 23.5. The molecular formula is C16H25N3O2. The van der Waals surface area contributed by atoms with E-state index < -0.39 is 0 Å². The van der Waals surface area contributed by atoms with Crippen molar-refractivity contribution in [2.75, 3.05) is 57.4 Å². The number of benzene rings is 1. The summed E-state index contributed by atoms with van der Waals surface area (Å²) in [5, 5.41) is 0. The van der Waals surface area contributed by atoms with Gasteiger partial charge >= 0.3 is 0 Å². The molecule has 0 aliphatic carbocycles. The Labute approximate surface area is 126 Å². The van der Waals surface area contributed by atoms with Gasteiger partial charge in [0.05, 0.1) is 13.2 Å². The highest BCUT2D eigenvalue weighted by Crippen LogP contribution is 2.22. The van der Waals surface area contributed by atoms with Crippen molar-refractivity contribution in [2.24, 2.45) is 5.73 Å². The quantitative estimate of drug-likeness (QED) is 0.875. The van der Waals surface area contributed by atoms with Crippen LogP contribution in [-0.2, 0) is 4.74 Å². The SMILES string of the molecule is NCCN1CCN(c2ccc(O[C@@H]3CCOC3)cc2)CC1. The van der Waals surface area contributed by atoms with Crippen molar-refractivity contribution in [3.8, 4) is 5.75 Å². The summed E-state index contributed by atoms with van der Waals surface area (Å²) in [5.74, 6) is 0.941. The predicted octanol–water partition coefficient (Wildman–Crippen LogP) is 0.935. The van der Waals surface area contributed by atoms with E-state index in [0.717, 1.165) is 58.0 Å². The first-order chi connectivity index (χ1) is 10.3. The molecule has 0 bridgehead atoms. The van der Waals surface area contributed by atoms with Gasteiger partial charge in [-0.3, -0.25) is 4.90 Å².